The molecule has 1 amide bonds. The van der Waals surface area contributed by atoms with Crippen LogP contribution in [0.2, 0.25) is 0 Å². The minimum atomic E-state index is -0.446. The molecule has 1 aromatic heterocycles. The van der Waals surface area contributed by atoms with Crippen molar-refractivity contribution in [2.45, 2.75) is 6.42 Å². The zero-order valence-corrected chi connectivity index (χ0v) is 16.0. The Hall–Kier alpha value is -3.92. The van der Waals surface area contributed by atoms with Gasteiger partial charge in [-0.15, -0.1) is 4.91 Å². The Morgan fingerprint density at radius 1 is 1.20 bits per heavy atom. The fourth-order valence-electron chi connectivity index (χ4n) is 2.63. The van der Waals surface area contributed by atoms with Crippen molar-refractivity contribution in [1.82, 2.24) is 10.5 Å². The maximum absolute atomic E-state index is 12.2. The van der Waals surface area contributed by atoms with Gasteiger partial charge in [-0.1, -0.05) is 5.16 Å². The van der Waals surface area contributed by atoms with Gasteiger partial charge >= 0.3 is 0 Å². The van der Waals surface area contributed by atoms with Gasteiger partial charge < -0.3 is 29.5 Å². The van der Waals surface area contributed by atoms with Gasteiger partial charge in [-0.3, -0.25) is 4.79 Å². The molecule has 3 N–H and O–H groups in total. The number of phenols is 2. The first-order valence-electron chi connectivity index (χ1n) is 8.93. The molecule has 0 aliphatic rings. The van der Waals surface area contributed by atoms with Crippen LogP contribution >= 0.6 is 0 Å². The van der Waals surface area contributed by atoms with Crippen molar-refractivity contribution in [1.29, 1.82) is 0 Å². The molecule has 156 valence electrons. The van der Waals surface area contributed by atoms with Gasteiger partial charge in [0.15, 0.2) is 11.5 Å². The molecule has 0 spiro atoms. The van der Waals surface area contributed by atoms with E-state index in [1.165, 1.54) is 36.4 Å². The predicted octanol–water partition coefficient (Wildman–Crippen LogP) is 3.71. The van der Waals surface area contributed by atoms with Crippen LogP contribution in [0, 0.1) is 4.91 Å². The standard InChI is InChI=1S/C20H19N3O7/c1-28-8-2-7-21-20(26)15-11-18(30-23-15)19-16(25)9-13(24)10-17(19)29-14-5-3-12(22-27)4-6-14/h3-6,9-11,24-25H,2,7-8H2,1H3,(H,21,26). The smallest absolute Gasteiger partial charge is 0.273 e. The lowest BCUT2D eigenvalue weighted by Gasteiger charge is -2.11. The lowest BCUT2D eigenvalue weighted by Crippen LogP contribution is -2.25. The maximum atomic E-state index is 12.2. The van der Waals surface area contributed by atoms with Crippen LogP contribution in [0.3, 0.4) is 0 Å². The summed E-state index contributed by atoms with van der Waals surface area (Å²) in [6, 6.07) is 9.63. The van der Waals surface area contributed by atoms with E-state index in [1.54, 1.807) is 7.11 Å². The molecule has 0 atom stereocenters. The molecule has 0 saturated carbocycles. The Morgan fingerprint density at radius 2 is 1.97 bits per heavy atom. The van der Waals surface area contributed by atoms with Crippen molar-refractivity contribution in [3.8, 4) is 34.3 Å². The zero-order valence-electron chi connectivity index (χ0n) is 16.0. The van der Waals surface area contributed by atoms with Gasteiger partial charge in [-0.25, -0.2) is 0 Å². The van der Waals surface area contributed by atoms with Crippen LogP contribution < -0.4 is 10.1 Å². The molecule has 30 heavy (non-hydrogen) atoms. The van der Waals surface area contributed by atoms with Crippen LogP contribution in [-0.2, 0) is 4.74 Å². The average molecular weight is 413 g/mol. The highest BCUT2D eigenvalue weighted by Gasteiger charge is 2.21. The lowest BCUT2D eigenvalue weighted by molar-refractivity contribution is 0.0939. The van der Waals surface area contributed by atoms with Gasteiger partial charge in [0, 0.05) is 38.5 Å². The summed E-state index contributed by atoms with van der Waals surface area (Å²) in [6.07, 6.45) is 0.641. The predicted molar refractivity (Wildman–Crippen MR) is 106 cm³/mol. The minimum absolute atomic E-state index is 0.0160. The Morgan fingerprint density at radius 3 is 2.67 bits per heavy atom. The van der Waals surface area contributed by atoms with Crippen LogP contribution in [0.15, 0.2) is 52.2 Å². The van der Waals surface area contributed by atoms with E-state index in [1.807, 2.05) is 0 Å². The second-order valence-corrected chi connectivity index (χ2v) is 6.20. The largest absolute Gasteiger partial charge is 0.508 e. The third kappa shape index (κ3) is 4.92. The van der Waals surface area contributed by atoms with E-state index < -0.39 is 5.91 Å². The quantitative estimate of drug-likeness (QED) is 0.356. The topological polar surface area (TPSA) is 143 Å². The highest BCUT2D eigenvalue weighted by atomic mass is 16.5. The normalized spacial score (nSPS) is 10.6. The number of benzene rings is 2. The van der Waals surface area contributed by atoms with E-state index in [0.29, 0.717) is 25.3 Å². The van der Waals surface area contributed by atoms with E-state index in [4.69, 9.17) is 14.0 Å². The molecule has 0 bridgehead atoms. The number of ether oxygens (including phenoxy) is 2. The monoisotopic (exact) mass is 413 g/mol. The lowest BCUT2D eigenvalue weighted by atomic mass is 10.1. The van der Waals surface area contributed by atoms with E-state index >= 15 is 0 Å². The summed E-state index contributed by atoms with van der Waals surface area (Å²) in [4.78, 5) is 22.7. The zero-order chi connectivity index (χ0) is 21.5. The van der Waals surface area contributed by atoms with Crippen LogP contribution in [0.5, 0.6) is 23.0 Å². The number of carbonyl (C=O) groups excluding carboxylic acids is 1. The second kappa shape index (κ2) is 9.52. The summed E-state index contributed by atoms with van der Waals surface area (Å²) in [5, 5.41) is 29.4. The first-order chi connectivity index (χ1) is 14.5. The second-order valence-electron chi connectivity index (χ2n) is 6.20. The van der Waals surface area contributed by atoms with Crippen molar-refractivity contribution < 1.29 is 29.0 Å². The molecule has 0 unspecified atom stereocenters. The highest BCUT2D eigenvalue weighted by molar-refractivity contribution is 5.93. The molecule has 3 rings (SSSR count). The van der Waals surface area contributed by atoms with Crippen molar-refractivity contribution in [3.05, 3.63) is 53.1 Å². The number of amides is 1. The third-order valence-corrected chi connectivity index (χ3v) is 4.04. The number of hydrogen-bond donors (Lipinski definition) is 3. The average Bonchev–Trinajstić information content (AvgIpc) is 3.21. The van der Waals surface area contributed by atoms with Crippen LogP contribution in [0.4, 0.5) is 5.69 Å². The van der Waals surface area contributed by atoms with Crippen LogP contribution in [-0.4, -0.2) is 41.5 Å². The number of nitrogens with zero attached hydrogens (tertiary/aromatic N) is 2. The molecule has 1 heterocycles. The molecular formula is C20H19N3O7. The molecule has 3 aromatic rings. The summed E-state index contributed by atoms with van der Waals surface area (Å²) >= 11 is 0. The summed E-state index contributed by atoms with van der Waals surface area (Å²) in [7, 11) is 1.57. The molecule has 2 aromatic carbocycles. The number of phenolic OH excluding ortho intramolecular Hbond substituents is 2. The number of aromatic nitrogens is 1. The van der Waals surface area contributed by atoms with Gasteiger partial charge in [0.1, 0.15) is 34.2 Å². The van der Waals surface area contributed by atoms with Crippen molar-refractivity contribution >= 4 is 11.6 Å². The molecule has 0 fully saturated rings. The minimum Gasteiger partial charge on any atom is -0.508 e. The van der Waals surface area contributed by atoms with Gasteiger partial charge in [0.2, 0.25) is 0 Å². The number of methoxy groups -OCH3 is 1. The van der Waals surface area contributed by atoms with Crippen LogP contribution in [0.25, 0.3) is 11.3 Å². The first-order valence-corrected chi connectivity index (χ1v) is 8.93. The molecule has 0 radical (unpaired) electrons. The van der Waals surface area contributed by atoms with E-state index in [9.17, 15) is 19.9 Å². The number of carbonyl (C=O) groups is 1. The number of nitrogens with one attached hydrogen (secondary N) is 1. The Balaban J connectivity index is 1.85. The summed E-state index contributed by atoms with van der Waals surface area (Å²) in [6.45, 7) is 0.912. The Bertz CT molecular complexity index is 1030. The number of aromatic hydroxyl groups is 2. The third-order valence-electron chi connectivity index (χ3n) is 4.04. The highest BCUT2D eigenvalue weighted by Crippen LogP contribution is 2.43. The Kier molecular flexibility index (Phi) is 6.60. The van der Waals surface area contributed by atoms with Gasteiger partial charge in [-0.05, 0) is 35.9 Å². The van der Waals surface area contributed by atoms with Crippen molar-refractivity contribution in [3.63, 3.8) is 0 Å². The van der Waals surface area contributed by atoms with Gasteiger partial charge in [0.25, 0.3) is 5.91 Å². The van der Waals surface area contributed by atoms with E-state index in [0.717, 1.165) is 6.07 Å². The van der Waals surface area contributed by atoms with Gasteiger partial charge in [0.05, 0.1) is 0 Å². The van der Waals surface area contributed by atoms with E-state index in [-0.39, 0.29) is 40.0 Å². The van der Waals surface area contributed by atoms with Crippen LogP contribution in [0.1, 0.15) is 16.9 Å². The fourth-order valence-corrected chi connectivity index (χ4v) is 2.63. The van der Waals surface area contributed by atoms with Crippen molar-refractivity contribution in [2.24, 2.45) is 5.18 Å². The Labute approximate surface area is 171 Å². The van der Waals surface area contributed by atoms with E-state index in [2.05, 4.69) is 15.7 Å². The first kappa shape index (κ1) is 20.8. The molecule has 0 saturated heterocycles. The summed E-state index contributed by atoms with van der Waals surface area (Å²) in [5.41, 5.74) is 0.330. The fraction of sp³-hybridized carbons (Fsp3) is 0.200. The number of rotatable bonds is 9. The summed E-state index contributed by atoms with van der Waals surface area (Å²) < 4.78 is 15.9. The molecular weight excluding hydrogens is 394 g/mol. The summed E-state index contributed by atoms with van der Waals surface area (Å²) in [5.74, 6) is -0.575. The van der Waals surface area contributed by atoms with Gasteiger partial charge in [-0.2, -0.15) is 0 Å². The number of hydrogen-bond acceptors (Lipinski definition) is 9. The van der Waals surface area contributed by atoms with Crippen molar-refractivity contribution in [2.75, 3.05) is 20.3 Å². The SMILES string of the molecule is COCCCNC(=O)c1cc(-c2c(O)cc(O)cc2Oc2ccc(N=O)cc2)on1. The maximum Gasteiger partial charge on any atom is 0.273 e. The number of nitroso groups, excluding NO2 is 1. The molecule has 0 aliphatic carbocycles. The molecule has 0 aliphatic heterocycles. The molecule has 10 nitrogen and oxygen atoms in total. The molecule has 10 heteroatoms.